The molecule has 1 amide bonds. The van der Waals surface area contributed by atoms with Gasteiger partial charge in [0, 0.05) is 11.4 Å². The van der Waals surface area contributed by atoms with Gasteiger partial charge in [0.15, 0.2) is 0 Å². The number of thioether (sulfide) groups is 2. The summed E-state index contributed by atoms with van der Waals surface area (Å²) in [5.41, 5.74) is 0.614. The molecule has 1 saturated heterocycles. The number of amides is 1. The Bertz CT molecular complexity index is 581. The molecule has 1 heterocycles. The monoisotopic (exact) mass is 367 g/mol. The first-order valence-electron chi connectivity index (χ1n) is 8.16. The minimum Gasteiger partial charge on any atom is -0.460 e. The first-order chi connectivity index (χ1) is 11.3. The third-order valence-corrected chi connectivity index (χ3v) is 5.57. The molecule has 132 valence electrons. The van der Waals surface area contributed by atoms with E-state index in [1.54, 1.807) is 28.4 Å². The quantitative estimate of drug-likeness (QED) is 0.559. The maximum absolute atomic E-state index is 12.2. The Morgan fingerprint density at radius 2 is 2.00 bits per heavy atom. The number of nitrogens with zero attached hydrogens (tertiary/aromatic N) is 1. The lowest BCUT2D eigenvalue weighted by Gasteiger charge is -2.25. The SMILES string of the molecule is CCSc1ccc(C2SCC(=O)N2CCC(=O)OC(C)(C)C)cc1. The maximum atomic E-state index is 12.2. The third-order valence-electron chi connectivity index (χ3n) is 3.42. The zero-order valence-corrected chi connectivity index (χ0v) is 16.3. The number of hydrogen-bond acceptors (Lipinski definition) is 5. The van der Waals surface area contributed by atoms with Gasteiger partial charge in [0.25, 0.3) is 0 Å². The second-order valence-corrected chi connectivity index (χ2v) is 8.99. The lowest BCUT2D eigenvalue weighted by Crippen LogP contribution is -2.32. The fourth-order valence-corrected chi connectivity index (χ4v) is 4.35. The maximum Gasteiger partial charge on any atom is 0.308 e. The summed E-state index contributed by atoms with van der Waals surface area (Å²) in [6.45, 7) is 8.07. The Balaban J connectivity index is 1.99. The van der Waals surface area contributed by atoms with Gasteiger partial charge in [-0.25, -0.2) is 0 Å². The molecular formula is C18H25NO3S2. The molecule has 0 aromatic heterocycles. The van der Waals surface area contributed by atoms with Crippen LogP contribution in [0.25, 0.3) is 0 Å². The summed E-state index contributed by atoms with van der Waals surface area (Å²) in [7, 11) is 0. The van der Waals surface area contributed by atoms with E-state index in [1.807, 2.05) is 20.8 Å². The zero-order chi connectivity index (χ0) is 17.7. The van der Waals surface area contributed by atoms with Gasteiger partial charge in [-0.3, -0.25) is 9.59 Å². The molecule has 24 heavy (non-hydrogen) atoms. The van der Waals surface area contributed by atoms with Gasteiger partial charge in [0.1, 0.15) is 11.0 Å². The number of carbonyl (C=O) groups excluding carboxylic acids is 2. The van der Waals surface area contributed by atoms with E-state index in [0.29, 0.717) is 12.3 Å². The normalized spacial score (nSPS) is 18.1. The van der Waals surface area contributed by atoms with Crippen LogP contribution in [0.4, 0.5) is 0 Å². The first-order valence-corrected chi connectivity index (χ1v) is 10.2. The topological polar surface area (TPSA) is 46.6 Å². The molecule has 0 spiro atoms. The Kier molecular flexibility index (Phi) is 6.63. The van der Waals surface area contributed by atoms with Crippen molar-refractivity contribution in [1.29, 1.82) is 0 Å². The molecule has 2 rings (SSSR count). The van der Waals surface area contributed by atoms with Crippen molar-refractivity contribution in [2.75, 3.05) is 18.1 Å². The number of ether oxygens (including phenoxy) is 1. The highest BCUT2D eigenvalue weighted by Gasteiger charge is 2.33. The molecule has 1 atom stereocenters. The van der Waals surface area contributed by atoms with Crippen molar-refractivity contribution in [2.45, 2.75) is 50.0 Å². The summed E-state index contributed by atoms with van der Waals surface area (Å²) >= 11 is 3.41. The van der Waals surface area contributed by atoms with Crippen LogP contribution in [0.1, 0.15) is 45.1 Å². The van der Waals surface area contributed by atoms with Crippen molar-refractivity contribution in [1.82, 2.24) is 4.90 Å². The summed E-state index contributed by atoms with van der Waals surface area (Å²) in [4.78, 5) is 27.1. The summed E-state index contributed by atoms with van der Waals surface area (Å²) in [6.07, 6.45) is 0.226. The van der Waals surface area contributed by atoms with Crippen LogP contribution in [0.3, 0.4) is 0 Å². The third kappa shape index (κ3) is 5.45. The van der Waals surface area contributed by atoms with Gasteiger partial charge in [-0.2, -0.15) is 0 Å². The Labute approximate surface area is 152 Å². The van der Waals surface area contributed by atoms with E-state index in [4.69, 9.17) is 4.74 Å². The van der Waals surface area contributed by atoms with Gasteiger partial charge >= 0.3 is 5.97 Å². The van der Waals surface area contributed by atoms with Crippen LogP contribution in [0.5, 0.6) is 0 Å². The number of rotatable bonds is 6. The molecule has 4 nitrogen and oxygen atoms in total. The van der Waals surface area contributed by atoms with Crippen LogP contribution >= 0.6 is 23.5 Å². The van der Waals surface area contributed by atoms with Crippen LogP contribution in [-0.2, 0) is 14.3 Å². The first kappa shape index (κ1) is 19.2. The van der Waals surface area contributed by atoms with Crippen LogP contribution in [-0.4, -0.2) is 40.4 Å². The smallest absolute Gasteiger partial charge is 0.308 e. The van der Waals surface area contributed by atoms with E-state index in [0.717, 1.165) is 11.3 Å². The van der Waals surface area contributed by atoms with E-state index in [2.05, 4.69) is 31.2 Å². The van der Waals surface area contributed by atoms with Crippen LogP contribution in [0.2, 0.25) is 0 Å². The molecule has 1 aliphatic rings. The highest BCUT2D eigenvalue weighted by atomic mass is 32.2. The molecule has 0 radical (unpaired) electrons. The molecule has 1 fully saturated rings. The second-order valence-electron chi connectivity index (χ2n) is 6.59. The van der Waals surface area contributed by atoms with Crippen molar-refractivity contribution in [3.63, 3.8) is 0 Å². The van der Waals surface area contributed by atoms with Gasteiger partial charge in [0.05, 0.1) is 12.2 Å². The highest BCUT2D eigenvalue weighted by molar-refractivity contribution is 8.00. The molecule has 1 aromatic rings. The van der Waals surface area contributed by atoms with Crippen molar-refractivity contribution in [3.8, 4) is 0 Å². The van der Waals surface area contributed by atoms with Crippen molar-refractivity contribution in [3.05, 3.63) is 29.8 Å². The van der Waals surface area contributed by atoms with Gasteiger partial charge in [-0.15, -0.1) is 23.5 Å². The van der Waals surface area contributed by atoms with E-state index < -0.39 is 5.60 Å². The molecule has 1 aliphatic heterocycles. The summed E-state index contributed by atoms with van der Waals surface area (Å²) in [6, 6.07) is 8.35. The average molecular weight is 368 g/mol. The summed E-state index contributed by atoms with van der Waals surface area (Å²) < 4.78 is 5.33. The minimum absolute atomic E-state index is 0.0133. The molecular weight excluding hydrogens is 342 g/mol. The lowest BCUT2D eigenvalue weighted by molar-refractivity contribution is -0.155. The van der Waals surface area contributed by atoms with E-state index in [9.17, 15) is 9.59 Å². The Morgan fingerprint density at radius 1 is 1.33 bits per heavy atom. The number of hydrogen-bond donors (Lipinski definition) is 0. The molecule has 1 aromatic carbocycles. The van der Waals surface area contributed by atoms with E-state index in [1.165, 1.54) is 4.90 Å². The van der Waals surface area contributed by atoms with Crippen LogP contribution in [0, 0.1) is 0 Å². The molecule has 6 heteroatoms. The number of esters is 1. The average Bonchev–Trinajstić information content (AvgIpc) is 2.85. The fraction of sp³-hybridized carbons (Fsp3) is 0.556. The van der Waals surface area contributed by atoms with Crippen molar-refractivity contribution >= 4 is 35.4 Å². The predicted octanol–water partition coefficient (Wildman–Crippen LogP) is 4.10. The van der Waals surface area contributed by atoms with Gasteiger partial charge in [0.2, 0.25) is 5.91 Å². The van der Waals surface area contributed by atoms with Crippen LogP contribution in [0.15, 0.2) is 29.2 Å². The van der Waals surface area contributed by atoms with Crippen LogP contribution < -0.4 is 0 Å². The van der Waals surface area contributed by atoms with Crippen molar-refractivity contribution in [2.24, 2.45) is 0 Å². The number of carbonyl (C=O) groups is 2. The number of benzene rings is 1. The Hall–Kier alpha value is -1.14. The largest absolute Gasteiger partial charge is 0.460 e. The van der Waals surface area contributed by atoms with E-state index in [-0.39, 0.29) is 23.7 Å². The molecule has 0 saturated carbocycles. The molecule has 0 bridgehead atoms. The second kappa shape index (κ2) is 8.30. The van der Waals surface area contributed by atoms with Gasteiger partial charge in [-0.1, -0.05) is 19.1 Å². The molecule has 0 N–H and O–H groups in total. The highest BCUT2D eigenvalue weighted by Crippen LogP contribution is 2.39. The van der Waals surface area contributed by atoms with Gasteiger partial charge < -0.3 is 9.64 Å². The minimum atomic E-state index is -0.493. The van der Waals surface area contributed by atoms with E-state index >= 15 is 0 Å². The summed E-state index contributed by atoms with van der Waals surface area (Å²) in [5, 5.41) is -0.0133. The predicted molar refractivity (Wildman–Crippen MR) is 100 cm³/mol. The Morgan fingerprint density at radius 3 is 2.58 bits per heavy atom. The lowest BCUT2D eigenvalue weighted by atomic mass is 10.2. The summed E-state index contributed by atoms with van der Waals surface area (Å²) in [5.74, 6) is 1.32. The fourth-order valence-electron chi connectivity index (χ4n) is 2.47. The zero-order valence-electron chi connectivity index (χ0n) is 14.7. The standard InChI is InChI=1S/C18H25NO3S2/c1-5-23-14-8-6-13(7-9-14)17-19(15(20)12-24-17)11-10-16(21)22-18(2,3)4/h6-9,17H,5,10-12H2,1-4H3. The molecule has 0 aliphatic carbocycles. The molecule has 1 unspecified atom stereocenters. The van der Waals surface area contributed by atoms with Crippen molar-refractivity contribution < 1.29 is 14.3 Å². The van der Waals surface area contributed by atoms with Gasteiger partial charge in [-0.05, 0) is 44.2 Å².